The minimum absolute atomic E-state index is 0.0215. The second-order valence-electron chi connectivity index (χ2n) is 8.19. The minimum Gasteiger partial charge on any atom is -0.382 e. The van der Waals surface area contributed by atoms with E-state index in [9.17, 15) is 0 Å². The third-order valence-electron chi connectivity index (χ3n) is 6.52. The van der Waals surface area contributed by atoms with Gasteiger partial charge in [-0.05, 0) is 55.7 Å². The van der Waals surface area contributed by atoms with Crippen LogP contribution in [0.25, 0.3) is 0 Å². The van der Waals surface area contributed by atoms with Crippen molar-refractivity contribution in [3.8, 4) is 0 Å². The van der Waals surface area contributed by atoms with E-state index in [1.807, 2.05) is 14.0 Å². The van der Waals surface area contributed by atoms with E-state index in [2.05, 4.69) is 48.0 Å². The molecule has 0 bridgehead atoms. The number of ether oxygens (including phenoxy) is 1. The number of hydrogen-bond acceptors (Lipinski definition) is 4. The van der Waals surface area contributed by atoms with Crippen molar-refractivity contribution in [2.24, 2.45) is 33.0 Å². The normalized spacial score (nSPS) is 39.6. The number of nitrogens with two attached hydrogens (primary N) is 1. The highest BCUT2D eigenvalue weighted by Gasteiger charge is 2.62. The maximum Gasteiger partial charge on any atom is 0.184 e. The van der Waals surface area contributed by atoms with E-state index in [0.29, 0.717) is 23.8 Å². The number of aliphatic imine (C=N–C) groups is 2. The number of methoxy groups -OCH3 is 1. The van der Waals surface area contributed by atoms with Gasteiger partial charge in [0.05, 0.1) is 11.8 Å². The molecule has 2 aliphatic carbocycles. The van der Waals surface area contributed by atoms with E-state index >= 15 is 0 Å². The standard InChI is InChI=1S/C20H26BrN3O/c1-11-8-19(9-12(2)17(11)25-4)10-14-5-6-15(21)7-16(14)20(19)23-13(3)18(22)24-20/h5-7,11-12,17H,8-10H2,1-4H3,(H2,22,24)/t11-,12+,17?,19?,20-/m0/s1. The SMILES string of the molecule is COC1[C@H](C)CC2(Cc3ccc(Br)cc3[C@@]23N=C(C)C(N)=N3)C[C@@H]1C. The van der Waals surface area contributed by atoms with Crippen LogP contribution in [0.3, 0.4) is 0 Å². The van der Waals surface area contributed by atoms with Gasteiger partial charge in [-0.15, -0.1) is 0 Å². The van der Waals surface area contributed by atoms with Gasteiger partial charge in [0.1, 0.15) is 5.84 Å². The van der Waals surface area contributed by atoms with E-state index in [0.717, 1.165) is 29.4 Å². The summed E-state index contributed by atoms with van der Waals surface area (Å²) in [6.45, 7) is 6.58. The molecule has 4 rings (SSSR count). The van der Waals surface area contributed by atoms with Gasteiger partial charge < -0.3 is 10.5 Å². The molecule has 0 saturated heterocycles. The fraction of sp³-hybridized carbons (Fsp3) is 0.600. The maximum atomic E-state index is 6.22. The molecule has 2 N–H and O–H groups in total. The molecule has 0 amide bonds. The zero-order valence-electron chi connectivity index (χ0n) is 15.3. The summed E-state index contributed by atoms with van der Waals surface area (Å²) in [6.07, 6.45) is 3.41. The van der Waals surface area contributed by atoms with Crippen molar-refractivity contribution in [1.29, 1.82) is 0 Å². The van der Waals surface area contributed by atoms with Gasteiger partial charge in [-0.3, -0.25) is 4.99 Å². The Labute approximate surface area is 158 Å². The molecule has 5 atom stereocenters. The van der Waals surface area contributed by atoms with E-state index in [1.54, 1.807) is 0 Å². The molecule has 1 aromatic carbocycles. The number of amidine groups is 1. The molecule has 0 aromatic heterocycles. The fourth-order valence-electron chi connectivity index (χ4n) is 5.74. The highest BCUT2D eigenvalue weighted by atomic mass is 79.9. The number of hydrogen-bond donors (Lipinski definition) is 1. The van der Waals surface area contributed by atoms with Gasteiger partial charge in [0.15, 0.2) is 5.66 Å². The van der Waals surface area contributed by atoms with Crippen molar-refractivity contribution in [3.63, 3.8) is 0 Å². The maximum absolute atomic E-state index is 6.22. The van der Waals surface area contributed by atoms with Crippen LogP contribution in [-0.2, 0) is 16.8 Å². The van der Waals surface area contributed by atoms with Crippen LogP contribution in [0, 0.1) is 17.3 Å². The second kappa shape index (κ2) is 5.65. The van der Waals surface area contributed by atoms with Gasteiger partial charge in [-0.2, -0.15) is 0 Å². The summed E-state index contributed by atoms with van der Waals surface area (Å²) in [7, 11) is 1.83. The van der Waals surface area contributed by atoms with Crippen molar-refractivity contribution >= 4 is 27.5 Å². The summed E-state index contributed by atoms with van der Waals surface area (Å²) in [6, 6.07) is 6.54. The molecular weight excluding hydrogens is 378 g/mol. The first-order valence-electron chi connectivity index (χ1n) is 9.06. The van der Waals surface area contributed by atoms with Gasteiger partial charge in [0, 0.05) is 22.6 Å². The topological polar surface area (TPSA) is 60.0 Å². The molecule has 4 nitrogen and oxygen atoms in total. The Balaban J connectivity index is 1.90. The first-order valence-corrected chi connectivity index (χ1v) is 9.85. The summed E-state index contributed by atoms with van der Waals surface area (Å²) in [5, 5.41) is 0. The number of benzene rings is 1. The lowest BCUT2D eigenvalue weighted by Gasteiger charge is -2.49. The summed E-state index contributed by atoms with van der Waals surface area (Å²) in [4.78, 5) is 10.1. The van der Waals surface area contributed by atoms with Gasteiger partial charge in [0.25, 0.3) is 0 Å². The molecule has 1 fully saturated rings. The van der Waals surface area contributed by atoms with Crippen LogP contribution in [0.5, 0.6) is 0 Å². The van der Waals surface area contributed by atoms with Crippen LogP contribution in [0.15, 0.2) is 32.7 Å². The molecule has 2 unspecified atom stereocenters. The molecule has 0 radical (unpaired) electrons. The lowest BCUT2D eigenvalue weighted by Crippen LogP contribution is -2.49. The van der Waals surface area contributed by atoms with Crippen LogP contribution in [0.4, 0.5) is 0 Å². The zero-order chi connectivity index (χ0) is 18.0. The van der Waals surface area contributed by atoms with Gasteiger partial charge in [-0.1, -0.05) is 35.8 Å². The van der Waals surface area contributed by atoms with Gasteiger partial charge in [0.2, 0.25) is 0 Å². The number of fused-ring (bicyclic) bond motifs is 3. The summed E-state index contributed by atoms with van der Waals surface area (Å²) in [5.41, 5.74) is 9.07. The number of halogens is 1. The monoisotopic (exact) mass is 403 g/mol. The Hall–Kier alpha value is -1.20. The molecule has 1 aliphatic heterocycles. The highest BCUT2D eigenvalue weighted by Crippen LogP contribution is 2.63. The molecule has 1 heterocycles. The molecule has 25 heavy (non-hydrogen) atoms. The lowest BCUT2D eigenvalue weighted by atomic mass is 9.59. The van der Waals surface area contributed by atoms with Crippen molar-refractivity contribution in [2.45, 2.75) is 51.8 Å². The Bertz CT molecular complexity index is 755. The average molecular weight is 404 g/mol. The molecule has 2 spiro atoms. The fourth-order valence-corrected chi connectivity index (χ4v) is 6.10. The first-order chi connectivity index (χ1) is 11.8. The summed E-state index contributed by atoms with van der Waals surface area (Å²) in [5.74, 6) is 1.52. The average Bonchev–Trinajstić information content (AvgIpc) is 2.96. The lowest BCUT2D eigenvalue weighted by molar-refractivity contribution is -0.0729. The van der Waals surface area contributed by atoms with Crippen LogP contribution in [0.2, 0.25) is 0 Å². The minimum atomic E-state index is -0.568. The quantitative estimate of drug-likeness (QED) is 0.768. The van der Waals surface area contributed by atoms with E-state index in [-0.39, 0.29) is 5.41 Å². The molecule has 1 aromatic rings. The van der Waals surface area contributed by atoms with E-state index in [4.69, 9.17) is 20.5 Å². The smallest absolute Gasteiger partial charge is 0.184 e. The van der Waals surface area contributed by atoms with Gasteiger partial charge >= 0.3 is 0 Å². The number of nitrogens with zero attached hydrogens (tertiary/aromatic N) is 2. The van der Waals surface area contributed by atoms with Gasteiger partial charge in [-0.25, -0.2) is 4.99 Å². The van der Waals surface area contributed by atoms with E-state index < -0.39 is 5.66 Å². The van der Waals surface area contributed by atoms with E-state index in [1.165, 1.54) is 11.1 Å². The first kappa shape index (κ1) is 17.2. The Kier molecular flexibility index (Phi) is 3.89. The zero-order valence-corrected chi connectivity index (χ0v) is 16.9. The Morgan fingerprint density at radius 2 is 1.88 bits per heavy atom. The molecular formula is C20H26BrN3O. The predicted octanol–water partition coefficient (Wildman–Crippen LogP) is 4.06. The van der Waals surface area contributed by atoms with Crippen molar-refractivity contribution in [1.82, 2.24) is 0 Å². The summed E-state index contributed by atoms with van der Waals surface area (Å²) < 4.78 is 6.88. The van der Waals surface area contributed by atoms with Crippen molar-refractivity contribution < 1.29 is 4.74 Å². The molecule has 1 saturated carbocycles. The van der Waals surface area contributed by atoms with Crippen molar-refractivity contribution in [3.05, 3.63) is 33.8 Å². The number of rotatable bonds is 1. The van der Waals surface area contributed by atoms with Crippen LogP contribution in [0.1, 0.15) is 44.7 Å². The Morgan fingerprint density at radius 3 is 2.44 bits per heavy atom. The van der Waals surface area contributed by atoms with Crippen LogP contribution < -0.4 is 5.73 Å². The molecule has 5 heteroatoms. The molecule has 134 valence electrons. The van der Waals surface area contributed by atoms with Crippen LogP contribution >= 0.6 is 15.9 Å². The largest absolute Gasteiger partial charge is 0.382 e. The summed E-state index contributed by atoms with van der Waals surface area (Å²) >= 11 is 3.63. The predicted molar refractivity (Wildman–Crippen MR) is 105 cm³/mol. The van der Waals surface area contributed by atoms with Crippen LogP contribution in [-0.4, -0.2) is 24.8 Å². The second-order valence-corrected chi connectivity index (χ2v) is 9.10. The Morgan fingerprint density at radius 1 is 1.20 bits per heavy atom. The third kappa shape index (κ3) is 2.28. The third-order valence-corrected chi connectivity index (χ3v) is 7.01. The van der Waals surface area contributed by atoms with Crippen molar-refractivity contribution in [2.75, 3.05) is 7.11 Å². The molecule has 3 aliphatic rings. The highest BCUT2D eigenvalue weighted by molar-refractivity contribution is 9.10.